The molecule has 0 radical (unpaired) electrons. The number of hydrazone groups is 1. The Morgan fingerprint density at radius 1 is 1.07 bits per heavy atom. The summed E-state index contributed by atoms with van der Waals surface area (Å²) in [5.41, 5.74) is 10.6. The van der Waals surface area contributed by atoms with Crippen molar-refractivity contribution < 1.29 is 9.59 Å². The lowest BCUT2D eigenvalue weighted by Crippen LogP contribution is -2.30. The molecule has 2 amide bonds. The monoisotopic (exact) mass is 404 g/mol. The number of nitrogens with two attached hydrogens (primary N) is 1. The van der Waals surface area contributed by atoms with Crippen LogP contribution in [0.2, 0.25) is 0 Å². The Balaban J connectivity index is 1.42. The zero-order valence-electron chi connectivity index (χ0n) is 15.7. The van der Waals surface area contributed by atoms with Crippen LogP contribution in [0.1, 0.15) is 51.1 Å². The number of amides is 2. The summed E-state index contributed by atoms with van der Waals surface area (Å²) in [6, 6.07) is 14.6. The lowest BCUT2D eigenvalue weighted by atomic mass is 10.1. The van der Waals surface area contributed by atoms with Gasteiger partial charge in [-0.15, -0.1) is 0 Å². The molecule has 0 spiro atoms. The molecule has 3 rings (SSSR count). The number of carbonyl (C=O) groups excluding carboxylic acids is 2. The van der Waals surface area contributed by atoms with Crippen molar-refractivity contribution in [2.45, 2.75) is 19.3 Å². The van der Waals surface area contributed by atoms with Crippen LogP contribution >= 0.6 is 12.2 Å². The molecular weight excluding hydrogens is 384 g/mol. The largest absolute Gasteiger partial charge is 0.375 e. The van der Waals surface area contributed by atoms with Gasteiger partial charge in [0.15, 0.2) is 5.11 Å². The van der Waals surface area contributed by atoms with Gasteiger partial charge in [0.05, 0.1) is 17.3 Å². The lowest BCUT2D eigenvalue weighted by Gasteiger charge is -2.12. The molecule has 3 N–H and O–H groups in total. The molecule has 0 aromatic heterocycles. The SMILES string of the molecule is NC(=S)NN=Cc1ccc(C#CCCCCN2C(=O)c3ccccc3C2=O)cc1. The van der Waals surface area contributed by atoms with Crippen molar-refractivity contribution in [2.24, 2.45) is 10.8 Å². The number of carbonyl (C=O) groups is 2. The molecule has 1 aliphatic heterocycles. The van der Waals surface area contributed by atoms with Gasteiger partial charge in [-0.25, -0.2) is 0 Å². The number of hydrogen-bond acceptors (Lipinski definition) is 4. The maximum atomic E-state index is 12.3. The van der Waals surface area contributed by atoms with Crippen LogP contribution < -0.4 is 11.2 Å². The predicted octanol–water partition coefficient (Wildman–Crippen LogP) is 2.67. The van der Waals surface area contributed by atoms with E-state index in [-0.39, 0.29) is 16.9 Å². The molecule has 0 bridgehead atoms. The third-order valence-electron chi connectivity index (χ3n) is 4.34. The van der Waals surface area contributed by atoms with E-state index in [1.165, 1.54) is 4.90 Å². The summed E-state index contributed by atoms with van der Waals surface area (Å²) in [5.74, 6) is 5.82. The van der Waals surface area contributed by atoms with Gasteiger partial charge in [-0.3, -0.25) is 19.9 Å². The number of nitrogens with one attached hydrogen (secondary N) is 1. The van der Waals surface area contributed by atoms with E-state index in [0.717, 1.165) is 24.0 Å². The normalized spacial score (nSPS) is 12.6. The Hall–Kier alpha value is -3.50. The van der Waals surface area contributed by atoms with Gasteiger partial charge < -0.3 is 5.73 Å². The molecule has 0 saturated heterocycles. The smallest absolute Gasteiger partial charge is 0.261 e. The molecule has 0 unspecified atom stereocenters. The maximum Gasteiger partial charge on any atom is 0.261 e. The van der Waals surface area contributed by atoms with Gasteiger partial charge in [-0.2, -0.15) is 5.10 Å². The van der Waals surface area contributed by atoms with Gasteiger partial charge in [0.1, 0.15) is 0 Å². The number of thiocarbonyl (C=S) groups is 1. The number of hydrogen-bond donors (Lipinski definition) is 2. The number of imide groups is 1. The van der Waals surface area contributed by atoms with Crippen LogP contribution in [0, 0.1) is 11.8 Å². The minimum Gasteiger partial charge on any atom is -0.375 e. The first-order chi connectivity index (χ1) is 14.1. The van der Waals surface area contributed by atoms with Crippen LogP contribution in [0.15, 0.2) is 53.6 Å². The van der Waals surface area contributed by atoms with Gasteiger partial charge >= 0.3 is 0 Å². The molecule has 2 aromatic carbocycles. The Kier molecular flexibility index (Phi) is 6.72. The number of nitrogens with zero attached hydrogens (tertiary/aromatic N) is 2. The molecule has 0 aliphatic carbocycles. The first kappa shape index (κ1) is 20.2. The number of rotatable bonds is 6. The Morgan fingerprint density at radius 3 is 2.34 bits per heavy atom. The average Bonchev–Trinajstić information content (AvgIpc) is 2.96. The summed E-state index contributed by atoms with van der Waals surface area (Å²) < 4.78 is 0. The van der Waals surface area contributed by atoms with Crippen molar-refractivity contribution in [3.63, 3.8) is 0 Å². The number of unbranched alkanes of at least 4 members (excludes halogenated alkanes) is 2. The highest BCUT2D eigenvalue weighted by Gasteiger charge is 2.34. The van der Waals surface area contributed by atoms with Crippen LogP contribution in [0.3, 0.4) is 0 Å². The average molecular weight is 404 g/mol. The summed E-state index contributed by atoms with van der Waals surface area (Å²) in [4.78, 5) is 25.9. The second kappa shape index (κ2) is 9.62. The van der Waals surface area contributed by atoms with Crippen molar-refractivity contribution >= 4 is 35.4 Å². The molecule has 29 heavy (non-hydrogen) atoms. The number of fused-ring (bicyclic) bond motifs is 1. The molecule has 6 nitrogen and oxygen atoms in total. The van der Waals surface area contributed by atoms with E-state index in [2.05, 4.69) is 34.6 Å². The molecule has 2 aromatic rings. The molecular formula is C22H20N4O2S. The highest BCUT2D eigenvalue weighted by atomic mass is 32.1. The minimum atomic E-state index is -0.205. The van der Waals surface area contributed by atoms with E-state index >= 15 is 0 Å². The van der Waals surface area contributed by atoms with E-state index < -0.39 is 0 Å². The highest BCUT2D eigenvalue weighted by molar-refractivity contribution is 7.80. The third kappa shape index (κ3) is 5.27. The molecule has 7 heteroatoms. The van der Waals surface area contributed by atoms with Crippen molar-refractivity contribution in [3.05, 3.63) is 70.8 Å². The molecule has 146 valence electrons. The fourth-order valence-corrected chi connectivity index (χ4v) is 2.97. The van der Waals surface area contributed by atoms with Gasteiger partial charge in [0, 0.05) is 18.5 Å². The molecule has 0 fully saturated rings. The second-order valence-corrected chi connectivity index (χ2v) is 6.86. The summed E-state index contributed by atoms with van der Waals surface area (Å²) in [6.45, 7) is 0.419. The lowest BCUT2D eigenvalue weighted by molar-refractivity contribution is 0.0652. The maximum absolute atomic E-state index is 12.3. The van der Waals surface area contributed by atoms with Crippen LogP contribution in [0.4, 0.5) is 0 Å². The molecule has 1 aliphatic rings. The summed E-state index contributed by atoms with van der Waals surface area (Å²) in [5, 5.41) is 4.01. The quantitative estimate of drug-likeness (QED) is 0.193. The topological polar surface area (TPSA) is 87.8 Å². The fourth-order valence-electron chi connectivity index (χ4n) is 2.91. The van der Waals surface area contributed by atoms with E-state index in [1.54, 1.807) is 30.5 Å². The van der Waals surface area contributed by atoms with Gasteiger partial charge in [0.25, 0.3) is 11.8 Å². The Bertz CT molecular complexity index is 984. The second-order valence-electron chi connectivity index (χ2n) is 6.42. The highest BCUT2D eigenvalue weighted by Crippen LogP contribution is 2.22. The van der Waals surface area contributed by atoms with Crippen LogP contribution in [-0.2, 0) is 0 Å². The van der Waals surface area contributed by atoms with Crippen LogP contribution in [-0.4, -0.2) is 34.6 Å². The Labute approximate surface area is 174 Å². The fraction of sp³-hybridized carbons (Fsp3) is 0.182. The first-order valence-electron chi connectivity index (χ1n) is 9.19. The summed E-state index contributed by atoms with van der Waals surface area (Å²) in [6.07, 6.45) is 3.86. The number of benzene rings is 2. The molecule has 1 heterocycles. The summed E-state index contributed by atoms with van der Waals surface area (Å²) >= 11 is 4.67. The molecule has 0 saturated carbocycles. The zero-order valence-corrected chi connectivity index (χ0v) is 16.5. The van der Waals surface area contributed by atoms with E-state index in [4.69, 9.17) is 5.73 Å². The Morgan fingerprint density at radius 2 is 1.72 bits per heavy atom. The van der Waals surface area contributed by atoms with Crippen LogP contribution in [0.5, 0.6) is 0 Å². The standard InChI is InChI=1S/C22H20N4O2S/c23-22(29)25-24-15-17-12-10-16(11-13-17)7-3-1-2-6-14-26-20(27)18-8-4-5-9-19(18)21(26)28/h4-5,8-13,15H,1-2,6,14H2,(H3,23,25,29). The van der Waals surface area contributed by atoms with Gasteiger partial charge in [-0.1, -0.05) is 36.1 Å². The van der Waals surface area contributed by atoms with E-state index in [9.17, 15) is 9.59 Å². The zero-order chi connectivity index (χ0) is 20.6. The van der Waals surface area contributed by atoms with E-state index in [0.29, 0.717) is 24.1 Å². The third-order valence-corrected chi connectivity index (χ3v) is 4.43. The summed E-state index contributed by atoms with van der Waals surface area (Å²) in [7, 11) is 0. The van der Waals surface area contributed by atoms with Crippen molar-refractivity contribution in [1.82, 2.24) is 10.3 Å². The van der Waals surface area contributed by atoms with E-state index in [1.807, 2.05) is 24.3 Å². The molecule has 0 atom stereocenters. The van der Waals surface area contributed by atoms with Crippen molar-refractivity contribution in [3.8, 4) is 11.8 Å². The minimum absolute atomic E-state index is 0.117. The van der Waals surface area contributed by atoms with Crippen LogP contribution in [0.25, 0.3) is 0 Å². The van der Waals surface area contributed by atoms with Crippen molar-refractivity contribution in [2.75, 3.05) is 6.54 Å². The van der Waals surface area contributed by atoms with Gasteiger partial charge in [-0.05, 0) is 54.9 Å². The van der Waals surface area contributed by atoms with Gasteiger partial charge in [0.2, 0.25) is 0 Å². The first-order valence-corrected chi connectivity index (χ1v) is 9.60. The van der Waals surface area contributed by atoms with Crippen molar-refractivity contribution in [1.29, 1.82) is 0 Å². The predicted molar refractivity (Wildman–Crippen MR) is 116 cm³/mol.